The maximum atomic E-state index is 11.0. The Bertz CT molecular complexity index is 995. The number of fused-ring (bicyclic) bond motifs is 1. The van der Waals surface area contributed by atoms with Crippen LogP contribution in [0.1, 0.15) is 15.9 Å². The lowest BCUT2D eigenvalue weighted by Crippen LogP contribution is -1.97. The minimum absolute atomic E-state index is 0.254. The number of nitrogens with zero attached hydrogens (tertiary/aromatic N) is 3. The van der Waals surface area contributed by atoms with Crippen LogP contribution < -0.4 is 0 Å². The Morgan fingerprint density at radius 2 is 1.92 bits per heavy atom. The number of hydrogen-bond donors (Lipinski definition) is 1. The number of aliphatic imine (C=N–C) groups is 1. The van der Waals surface area contributed by atoms with Crippen molar-refractivity contribution >= 4 is 28.8 Å². The number of aromatic nitrogens is 2. The molecule has 124 valence electrons. The molecule has 0 bridgehead atoms. The molecule has 2 aromatic carbocycles. The van der Waals surface area contributed by atoms with E-state index in [1.165, 1.54) is 0 Å². The van der Waals surface area contributed by atoms with Gasteiger partial charge in [-0.1, -0.05) is 18.7 Å². The second-order valence-corrected chi connectivity index (χ2v) is 5.40. The number of carboxylic acids is 1. The minimum Gasteiger partial charge on any atom is -0.478 e. The lowest BCUT2D eigenvalue weighted by molar-refractivity contribution is 0.0697. The highest BCUT2D eigenvalue weighted by atomic mass is 16.4. The normalized spacial score (nSPS) is 12.0. The van der Waals surface area contributed by atoms with Crippen molar-refractivity contribution in [2.45, 2.75) is 0 Å². The zero-order valence-electron chi connectivity index (χ0n) is 13.8. The molecule has 0 radical (unpaired) electrons. The number of imidazole rings is 1. The highest BCUT2D eigenvalue weighted by Gasteiger charge is 2.08. The molecule has 0 aliphatic carbocycles. The summed E-state index contributed by atoms with van der Waals surface area (Å²) in [5.74, 6) is -0.942. The molecule has 1 N–H and O–H groups in total. The summed E-state index contributed by atoms with van der Waals surface area (Å²) in [6, 6.07) is 12.7. The molecule has 1 heterocycles. The lowest BCUT2D eigenvalue weighted by Gasteiger charge is -2.07. The van der Waals surface area contributed by atoms with Crippen LogP contribution in [-0.2, 0) is 0 Å². The van der Waals surface area contributed by atoms with E-state index in [1.807, 2.05) is 28.8 Å². The Hall–Kier alpha value is -3.47. The van der Waals surface area contributed by atoms with Crippen LogP contribution in [0.5, 0.6) is 0 Å². The Morgan fingerprint density at radius 3 is 2.56 bits per heavy atom. The van der Waals surface area contributed by atoms with Crippen molar-refractivity contribution in [1.29, 1.82) is 0 Å². The first-order valence-corrected chi connectivity index (χ1v) is 7.70. The largest absolute Gasteiger partial charge is 0.478 e. The van der Waals surface area contributed by atoms with Crippen LogP contribution in [0, 0.1) is 0 Å². The molecule has 0 aliphatic heterocycles. The minimum atomic E-state index is -0.942. The van der Waals surface area contributed by atoms with Crippen LogP contribution in [0.25, 0.3) is 22.3 Å². The number of allylic oxidation sites excluding steroid dienone is 3. The maximum absolute atomic E-state index is 11.0. The van der Waals surface area contributed by atoms with Gasteiger partial charge in [-0.3, -0.25) is 9.56 Å². The van der Waals surface area contributed by atoms with Crippen LogP contribution in [0.15, 0.2) is 72.5 Å². The topological polar surface area (TPSA) is 67.5 Å². The van der Waals surface area contributed by atoms with Gasteiger partial charge >= 0.3 is 5.97 Å². The molecule has 0 saturated carbocycles. The molecule has 0 aliphatic rings. The summed E-state index contributed by atoms with van der Waals surface area (Å²) in [6.07, 6.45) is 7.14. The fourth-order valence-corrected chi connectivity index (χ4v) is 2.59. The van der Waals surface area contributed by atoms with Crippen LogP contribution >= 0.6 is 0 Å². The summed E-state index contributed by atoms with van der Waals surface area (Å²) in [4.78, 5) is 19.4. The van der Waals surface area contributed by atoms with Crippen molar-refractivity contribution < 1.29 is 9.90 Å². The van der Waals surface area contributed by atoms with E-state index in [0.717, 1.165) is 27.9 Å². The quantitative estimate of drug-likeness (QED) is 0.568. The highest BCUT2D eigenvalue weighted by Crippen LogP contribution is 2.24. The van der Waals surface area contributed by atoms with E-state index in [2.05, 4.69) is 16.6 Å². The van der Waals surface area contributed by atoms with Gasteiger partial charge in [-0.2, -0.15) is 0 Å². The van der Waals surface area contributed by atoms with Gasteiger partial charge in [0.1, 0.15) is 6.33 Å². The molecule has 5 heteroatoms. The Kier molecular flexibility index (Phi) is 4.57. The summed E-state index contributed by atoms with van der Waals surface area (Å²) in [7, 11) is 1.72. The van der Waals surface area contributed by atoms with Gasteiger partial charge in [0.25, 0.3) is 0 Å². The number of hydrogen-bond acceptors (Lipinski definition) is 3. The predicted molar refractivity (Wildman–Crippen MR) is 101 cm³/mol. The third kappa shape index (κ3) is 3.26. The Balaban J connectivity index is 2.09. The summed E-state index contributed by atoms with van der Waals surface area (Å²) >= 11 is 0. The van der Waals surface area contributed by atoms with Crippen LogP contribution in [-0.4, -0.2) is 33.9 Å². The third-order valence-corrected chi connectivity index (χ3v) is 3.90. The molecule has 3 rings (SSSR count). The van der Waals surface area contributed by atoms with E-state index in [9.17, 15) is 4.79 Å². The smallest absolute Gasteiger partial charge is 0.335 e. The van der Waals surface area contributed by atoms with Crippen molar-refractivity contribution in [3.05, 3.63) is 78.6 Å². The average molecular weight is 331 g/mol. The van der Waals surface area contributed by atoms with E-state index < -0.39 is 5.97 Å². The van der Waals surface area contributed by atoms with Crippen molar-refractivity contribution in [3.63, 3.8) is 0 Å². The van der Waals surface area contributed by atoms with Crippen molar-refractivity contribution in [2.75, 3.05) is 7.05 Å². The van der Waals surface area contributed by atoms with Gasteiger partial charge in [-0.25, -0.2) is 9.78 Å². The second kappa shape index (κ2) is 6.97. The van der Waals surface area contributed by atoms with Crippen molar-refractivity contribution in [3.8, 4) is 5.69 Å². The summed E-state index contributed by atoms with van der Waals surface area (Å²) in [5.41, 5.74) is 4.86. The van der Waals surface area contributed by atoms with Crippen molar-refractivity contribution in [1.82, 2.24) is 9.55 Å². The predicted octanol–water partition coefficient (Wildman–Crippen LogP) is 3.99. The third-order valence-electron chi connectivity index (χ3n) is 3.90. The van der Waals surface area contributed by atoms with Gasteiger partial charge in [0.05, 0.1) is 16.6 Å². The van der Waals surface area contributed by atoms with E-state index in [1.54, 1.807) is 49.9 Å². The van der Waals surface area contributed by atoms with Gasteiger partial charge in [0.15, 0.2) is 0 Å². The second-order valence-electron chi connectivity index (χ2n) is 5.40. The number of benzene rings is 2. The van der Waals surface area contributed by atoms with Gasteiger partial charge in [-0.15, -0.1) is 0 Å². The molecule has 0 spiro atoms. The molecule has 0 unspecified atom stereocenters. The molecule has 0 fully saturated rings. The van der Waals surface area contributed by atoms with E-state index in [0.29, 0.717) is 0 Å². The maximum Gasteiger partial charge on any atom is 0.335 e. The van der Waals surface area contributed by atoms with Crippen LogP contribution in [0.4, 0.5) is 0 Å². The Morgan fingerprint density at radius 1 is 1.20 bits per heavy atom. The summed E-state index contributed by atoms with van der Waals surface area (Å²) in [5, 5.41) is 9.03. The molecule has 5 nitrogen and oxygen atoms in total. The van der Waals surface area contributed by atoms with Crippen molar-refractivity contribution in [2.24, 2.45) is 4.99 Å². The first kappa shape index (κ1) is 16.4. The standard InChI is InChI=1S/C20H17N3O2/c1-3-14(10-11-21-2)16-6-9-18-19(12-16)23(13-22-18)17-7-4-15(5-8-17)20(24)25/h3-13H,1H2,2H3,(H,24,25)/b14-10+,21-11?. The summed E-state index contributed by atoms with van der Waals surface area (Å²) in [6.45, 7) is 3.86. The van der Waals surface area contributed by atoms with Crippen LogP contribution in [0.3, 0.4) is 0 Å². The first-order chi connectivity index (χ1) is 12.1. The Labute approximate surface area is 145 Å². The van der Waals surface area contributed by atoms with Gasteiger partial charge in [-0.05, 0) is 53.6 Å². The fraction of sp³-hybridized carbons (Fsp3) is 0.0500. The number of rotatable bonds is 5. The molecule has 25 heavy (non-hydrogen) atoms. The lowest BCUT2D eigenvalue weighted by atomic mass is 10.0. The van der Waals surface area contributed by atoms with E-state index in [4.69, 9.17) is 5.11 Å². The first-order valence-electron chi connectivity index (χ1n) is 7.70. The zero-order chi connectivity index (χ0) is 17.8. The molecular formula is C20H17N3O2. The molecule has 1 aromatic heterocycles. The monoisotopic (exact) mass is 331 g/mol. The number of carboxylic acid groups (broad SMARTS) is 1. The van der Waals surface area contributed by atoms with E-state index >= 15 is 0 Å². The summed E-state index contributed by atoms with van der Waals surface area (Å²) < 4.78 is 1.93. The average Bonchev–Trinajstić information content (AvgIpc) is 3.06. The highest BCUT2D eigenvalue weighted by molar-refractivity contribution is 5.91. The number of carbonyl (C=O) groups is 1. The molecular weight excluding hydrogens is 314 g/mol. The van der Waals surface area contributed by atoms with E-state index in [-0.39, 0.29) is 5.56 Å². The fourth-order valence-electron chi connectivity index (χ4n) is 2.59. The van der Waals surface area contributed by atoms with Gasteiger partial charge in [0.2, 0.25) is 0 Å². The molecule has 0 amide bonds. The molecule has 0 atom stereocenters. The molecule has 3 aromatic rings. The SMILES string of the molecule is C=C/C(=C\C=NC)c1ccc2ncn(-c3ccc(C(=O)O)cc3)c2c1. The van der Waals surface area contributed by atoms with Crippen LogP contribution in [0.2, 0.25) is 0 Å². The van der Waals surface area contributed by atoms with Gasteiger partial charge < -0.3 is 5.11 Å². The van der Waals surface area contributed by atoms with Gasteiger partial charge in [0, 0.05) is 18.9 Å². The zero-order valence-corrected chi connectivity index (χ0v) is 13.8. The number of aromatic carboxylic acids is 1. The molecule has 0 saturated heterocycles.